The molecule has 7 heteroatoms. The largest absolute Gasteiger partial charge is 0.477 e. The van der Waals surface area contributed by atoms with Gasteiger partial charge in [0.1, 0.15) is 5.75 Å². The van der Waals surface area contributed by atoms with Crippen LogP contribution in [0.2, 0.25) is 0 Å². The number of rotatable bonds is 5. The predicted octanol–water partition coefficient (Wildman–Crippen LogP) is 1.36. The molecule has 0 fully saturated rings. The number of para-hydroxylation sites is 2. The number of hydrogen-bond acceptors (Lipinski definition) is 4. The number of nitrogens with zero attached hydrogens (tertiary/aromatic N) is 1. The van der Waals surface area contributed by atoms with E-state index in [1.165, 1.54) is 18.0 Å². The molecule has 7 nitrogen and oxygen atoms in total. The molecule has 28 heavy (non-hydrogen) atoms. The van der Waals surface area contributed by atoms with E-state index in [0.717, 1.165) is 5.56 Å². The summed E-state index contributed by atoms with van der Waals surface area (Å²) in [6.45, 7) is -0.113. The van der Waals surface area contributed by atoms with Gasteiger partial charge in [-0.3, -0.25) is 14.4 Å². The molecule has 0 spiro atoms. The molecular formula is C21H21N3O4. The van der Waals surface area contributed by atoms with Gasteiger partial charge in [-0.05, 0) is 23.8 Å². The Kier molecular flexibility index (Phi) is 6.06. The summed E-state index contributed by atoms with van der Waals surface area (Å²) in [4.78, 5) is 38.1. The van der Waals surface area contributed by atoms with Crippen LogP contribution in [-0.2, 0) is 14.4 Å². The van der Waals surface area contributed by atoms with Gasteiger partial charge in [-0.15, -0.1) is 0 Å². The fourth-order valence-corrected chi connectivity index (χ4v) is 2.82. The molecule has 0 radical (unpaired) electrons. The third-order valence-electron chi connectivity index (χ3n) is 4.25. The van der Waals surface area contributed by atoms with Crippen molar-refractivity contribution >= 4 is 29.5 Å². The lowest BCUT2D eigenvalue weighted by Gasteiger charge is -2.34. The van der Waals surface area contributed by atoms with Gasteiger partial charge in [0.05, 0.1) is 18.8 Å². The van der Waals surface area contributed by atoms with Crippen LogP contribution < -0.4 is 20.3 Å². The molecule has 1 atom stereocenters. The zero-order chi connectivity index (χ0) is 19.9. The van der Waals surface area contributed by atoms with Gasteiger partial charge in [0.15, 0.2) is 6.10 Å². The van der Waals surface area contributed by atoms with E-state index in [9.17, 15) is 14.4 Å². The number of ether oxygens (including phenoxy) is 1. The Morgan fingerprint density at radius 3 is 2.57 bits per heavy atom. The molecule has 0 saturated heterocycles. The van der Waals surface area contributed by atoms with Gasteiger partial charge in [0, 0.05) is 13.1 Å². The normalized spacial score (nSPS) is 15.5. The average molecular weight is 379 g/mol. The Morgan fingerprint density at radius 2 is 1.82 bits per heavy atom. The molecule has 2 aromatic rings. The minimum absolute atomic E-state index is 0.0746. The fourth-order valence-electron chi connectivity index (χ4n) is 2.82. The first-order valence-electron chi connectivity index (χ1n) is 8.87. The zero-order valence-corrected chi connectivity index (χ0v) is 15.4. The van der Waals surface area contributed by atoms with Gasteiger partial charge in [-0.25, -0.2) is 0 Å². The summed E-state index contributed by atoms with van der Waals surface area (Å²) >= 11 is 0. The van der Waals surface area contributed by atoms with Crippen LogP contribution in [0.5, 0.6) is 5.75 Å². The number of carbonyl (C=O) groups is 3. The lowest BCUT2D eigenvalue weighted by atomic mass is 10.1. The van der Waals surface area contributed by atoms with Crippen molar-refractivity contribution in [2.45, 2.75) is 6.10 Å². The molecular weight excluding hydrogens is 358 g/mol. The standard InChI is InChI=1S/C21H21N3O4/c1-22-21(27)18-14-24(16-9-5-6-10-17(16)28-18)20(26)13-23-19(25)12-11-15-7-3-2-4-8-15/h2-12,18H,13-14H2,1H3,(H,22,27)(H,23,25)/b12-11+/t18-/m1/s1. The quantitative estimate of drug-likeness (QED) is 0.768. The van der Waals surface area contributed by atoms with E-state index in [1.807, 2.05) is 30.3 Å². The van der Waals surface area contributed by atoms with Crippen LogP contribution in [0.3, 0.4) is 0 Å². The van der Waals surface area contributed by atoms with Gasteiger partial charge in [0.2, 0.25) is 11.8 Å². The molecule has 0 saturated carbocycles. The third-order valence-corrected chi connectivity index (χ3v) is 4.25. The molecule has 2 aromatic carbocycles. The maximum atomic E-state index is 12.7. The highest BCUT2D eigenvalue weighted by atomic mass is 16.5. The van der Waals surface area contributed by atoms with Gasteiger partial charge < -0.3 is 20.3 Å². The van der Waals surface area contributed by atoms with E-state index in [0.29, 0.717) is 11.4 Å². The van der Waals surface area contributed by atoms with E-state index < -0.39 is 6.10 Å². The highest BCUT2D eigenvalue weighted by molar-refractivity contribution is 6.01. The Labute approximate surface area is 163 Å². The first kappa shape index (κ1) is 19.2. The SMILES string of the molecule is CNC(=O)[C@H]1CN(C(=O)CNC(=O)/C=C/c2ccccc2)c2ccccc2O1. The smallest absolute Gasteiger partial charge is 0.262 e. The Hall–Kier alpha value is -3.61. The number of benzene rings is 2. The first-order valence-corrected chi connectivity index (χ1v) is 8.87. The molecule has 1 heterocycles. The van der Waals surface area contributed by atoms with Crippen molar-refractivity contribution in [3.05, 3.63) is 66.2 Å². The van der Waals surface area contributed by atoms with E-state index >= 15 is 0 Å². The summed E-state index contributed by atoms with van der Waals surface area (Å²) in [6, 6.07) is 16.4. The van der Waals surface area contributed by atoms with Gasteiger partial charge >= 0.3 is 0 Å². The summed E-state index contributed by atoms with van der Waals surface area (Å²) in [5, 5.41) is 5.11. The predicted molar refractivity (Wildman–Crippen MR) is 106 cm³/mol. The molecule has 0 bridgehead atoms. The molecule has 144 valence electrons. The lowest BCUT2D eigenvalue weighted by Crippen LogP contribution is -2.52. The number of likely N-dealkylation sites (N-methyl/N-ethyl adjacent to an activating group) is 1. The third kappa shape index (κ3) is 4.56. The number of anilines is 1. The highest BCUT2D eigenvalue weighted by Crippen LogP contribution is 2.33. The maximum absolute atomic E-state index is 12.7. The number of carbonyl (C=O) groups excluding carboxylic acids is 3. The molecule has 0 aromatic heterocycles. The summed E-state index contributed by atoms with van der Waals surface area (Å²) in [5.74, 6) is -0.569. The van der Waals surface area contributed by atoms with E-state index in [4.69, 9.17) is 4.74 Å². The summed E-state index contributed by atoms with van der Waals surface area (Å²) in [6.07, 6.45) is 2.24. The second-order valence-corrected chi connectivity index (χ2v) is 6.15. The molecule has 1 aliphatic heterocycles. The van der Waals surface area contributed by atoms with Crippen LogP contribution in [0.4, 0.5) is 5.69 Å². The van der Waals surface area contributed by atoms with Crippen molar-refractivity contribution in [3.8, 4) is 5.75 Å². The molecule has 1 aliphatic rings. The topological polar surface area (TPSA) is 87.7 Å². The molecule has 0 unspecified atom stereocenters. The summed E-state index contributed by atoms with van der Waals surface area (Å²) in [7, 11) is 1.51. The number of nitrogens with one attached hydrogen (secondary N) is 2. The Morgan fingerprint density at radius 1 is 1.11 bits per heavy atom. The number of hydrogen-bond donors (Lipinski definition) is 2. The average Bonchev–Trinajstić information content (AvgIpc) is 2.75. The van der Waals surface area contributed by atoms with Gasteiger partial charge in [-0.2, -0.15) is 0 Å². The fraction of sp³-hybridized carbons (Fsp3) is 0.190. The van der Waals surface area contributed by atoms with E-state index in [2.05, 4.69) is 10.6 Å². The van der Waals surface area contributed by atoms with Crippen LogP contribution >= 0.6 is 0 Å². The van der Waals surface area contributed by atoms with Crippen LogP contribution in [0, 0.1) is 0 Å². The monoisotopic (exact) mass is 379 g/mol. The van der Waals surface area contributed by atoms with Crippen molar-refractivity contribution in [1.29, 1.82) is 0 Å². The van der Waals surface area contributed by atoms with Gasteiger partial charge in [-0.1, -0.05) is 42.5 Å². The minimum atomic E-state index is -0.808. The summed E-state index contributed by atoms with van der Waals surface area (Å²) in [5.41, 5.74) is 1.46. The number of fused-ring (bicyclic) bond motifs is 1. The molecule has 3 rings (SSSR count). The highest BCUT2D eigenvalue weighted by Gasteiger charge is 2.33. The molecule has 3 amide bonds. The van der Waals surface area contributed by atoms with Crippen LogP contribution in [0.15, 0.2) is 60.7 Å². The van der Waals surface area contributed by atoms with Crippen LogP contribution in [-0.4, -0.2) is 44.0 Å². The van der Waals surface area contributed by atoms with Gasteiger partial charge in [0.25, 0.3) is 5.91 Å². The minimum Gasteiger partial charge on any atom is -0.477 e. The van der Waals surface area contributed by atoms with E-state index in [-0.39, 0.29) is 30.8 Å². The zero-order valence-electron chi connectivity index (χ0n) is 15.4. The van der Waals surface area contributed by atoms with E-state index in [1.54, 1.807) is 30.3 Å². The summed E-state index contributed by atoms with van der Waals surface area (Å²) < 4.78 is 5.67. The first-order chi connectivity index (χ1) is 13.6. The van der Waals surface area contributed by atoms with Crippen LogP contribution in [0.1, 0.15) is 5.56 Å². The van der Waals surface area contributed by atoms with Crippen molar-refractivity contribution in [1.82, 2.24) is 10.6 Å². The lowest BCUT2D eigenvalue weighted by molar-refractivity contribution is -0.128. The maximum Gasteiger partial charge on any atom is 0.262 e. The second kappa shape index (κ2) is 8.85. The Balaban J connectivity index is 1.65. The van der Waals surface area contributed by atoms with Crippen molar-refractivity contribution in [2.24, 2.45) is 0 Å². The van der Waals surface area contributed by atoms with Crippen molar-refractivity contribution in [3.63, 3.8) is 0 Å². The number of amides is 3. The van der Waals surface area contributed by atoms with Crippen molar-refractivity contribution in [2.75, 3.05) is 25.0 Å². The Bertz CT molecular complexity index is 896. The second-order valence-electron chi connectivity index (χ2n) is 6.15. The van der Waals surface area contributed by atoms with Crippen molar-refractivity contribution < 1.29 is 19.1 Å². The molecule has 2 N–H and O–H groups in total. The van der Waals surface area contributed by atoms with Crippen LogP contribution in [0.25, 0.3) is 6.08 Å². The molecule has 0 aliphatic carbocycles.